The van der Waals surface area contributed by atoms with Gasteiger partial charge in [-0.25, -0.2) is 4.79 Å². The van der Waals surface area contributed by atoms with Crippen LogP contribution >= 0.6 is 0 Å². The molecule has 2 atom stereocenters. The monoisotopic (exact) mass is 274 g/mol. The van der Waals surface area contributed by atoms with E-state index in [9.17, 15) is 9.59 Å². The number of ether oxygens (including phenoxy) is 2. The lowest BCUT2D eigenvalue weighted by molar-refractivity contribution is -0.139. The number of aliphatic carboxylic acids is 1. The molecule has 0 spiro atoms. The zero-order chi connectivity index (χ0) is 14.3. The molecule has 1 heterocycles. The van der Waals surface area contributed by atoms with Crippen molar-refractivity contribution < 1.29 is 24.2 Å². The maximum absolute atomic E-state index is 12.0. The van der Waals surface area contributed by atoms with Crippen molar-refractivity contribution in [1.29, 1.82) is 0 Å². The number of rotatable bonds is 6. The lowest BCUT2D eigenvalue weighted by Crippen LogP contribution is -2.53. The van der Waals surface area contributed by atoms with Gasteiger partial charge in [0.2, 0.25) is 0 Å². The van der Waals surface area contributed by atoms with Crippen LogP contribution in [-0.2, 0) is 14.3 Å². The molecule has 2 N–H and O–H groups in total. The van der Waals surface area contributed by atoms with Crippen molar-refractivity contribution in [1.82, 2.24) is 10.2 Å². The Morgan fingerprint density at radius 1 is 1.58 bits per heavy atom. The van der Waals surface area contributed by atoms with Crippen molar-refractivity contribution in [2.45, 2.75) is 19.4 Å². The van der Waals surface area contributed by atoms with Gasteiger partial charge in [-0.3, -0.25) is 4.79 Å². The molecule has 0 aromatic rings. The van der Waals surface area contributed by atoms with Crippen molar-refractivity contribution in [2.75, 3.05) is 40.0 Å². The van der Waals surface area contributed by atoms with E-state index in [1.54, 1.807) is 7.11 Å². The molecule has 7 nitrogen and oxygen atoms in total. The lowest BCUT2D eigenvalue weighted by Gasteiger charge is -2.35. The van der Waals surface area contributed by atoms with E-state index in [2.05, 4.69) is 5.32 Å². The number of carbonyl (C=O) groups is 2. The summed E-state index contributed by atoms with van der Waals surface area (Å²) < 4.78 is 10.2. The van der Waals surface area contributed by atoms with Crippen LogP contribution in [0.25, 0.3) is 0 Å². The molecule has 1 aliphatic heterocycles. The van der Waals surface area contributed by atoms with Gasteiger partial charge in [-0.15, -0.1) is 0 Å². The van der Waals surface area contributed by atoms with Crippen LogP contribution in [0.1, 0.15) is 13.3 Å². The molecule has 0 saturated carbocycles. The fraction of sp³-hybridized carbons (Fsp3) is 0.833. The first kappa shape index (κ1) is 15.7. The molecule has 1 aliphatic rings. The number of hydrogen-bond acceptors (Lipinski definition) is 4. The van der Waals surface area contributed by atoms with Crippen LogP contribution in [0.5, 0.6) is 0 Å². The van der Waals surface area contributed by atoms with Gasteiger partial charge in [0.05, 0.1) is 32.3 Å². The highest BCUT2D eigenvalue weighted by molar-refractivity contribution is 5.76. The average Bonchev–Trinajstić information content (AvgIpc) is 2.36. The van der Waals surface area contributed by atoms with Gasteiger partial charge in [0.25, 0.3) is 0 Å². The van der Waals surface area contributed by atoms with Crippen LogP contribution in [0.4, 0.5) is 4.79 Å². The highest BCUT2D eigenvalue weighted by Gasteiger charge is 2.29. The number of morpholine rings is 1. The standard InChI is InChI=1S/C12H22N2O5/c1-9(7-18-2)6-13-12(17)14-3-4-19-8-10(14)5-11(15)16/h9-10H,3-8H2,1-2H3,(H,13,17)(H,15,16). The van der Waals surface area contributed by atoms with Gasteiger partial charge in [-0.05, 0) is 5.92 Å². The Balaban J connectivity index is 2.45. The molecule has 2 unspecified atom stereocenters. The number of urea groups is 1. The van der Waals surface area contributed by atoms with Gasteiger partial charge in [-0.1, -0.05) is 6.92 Å². The van der Waals surface area contributed by atoms with Gasteiger partial charge < -0.3 is 24.8 Å². The van der Waals surface area contributed by atoms with Crippen LogP contribution in [0.3, 0.4) is 0 Å². The van der Waals surface area contributed by atoms with E-state index in [4.69, 9.17) is 14.6 Å². The van der Waals surface area contributed by atoms with E-state index < -0.39 is 12.0 Å². The largest absolute Gasteiger partial charge is 0.481 e. The first-order chi connectivity index (χ1) is 9.04. The second-order valence-corrected chi connectivity index (χ2v) is 4.77. The number of carbonyl (C=O) groups excluding carboxylic acids is 1. The summed E-state index contributed by atoms with van der Waals surface area (Å²) in [7, 11) is 1.61. The number of carboxylic acid groups (broad SMARTS) is 1. The number of amides is 2. The summed E-state index contributed by atoms with van der Waals surface area (Å²) in [6.07, 6.45) is -0.0962. The molecule has 0 aromatic heterocycles. The summed E-state index contributed by atoms with van der Waals surface area (Å²) in [4.78, 5) is 24.3. The van der Waals surface area contributed by atoms with Gasteiger partial charge in [-0.2, -0.15) is 0 Å². The highest BCUT2D eigenvalue weighted by Crippen LogP contribution is 2.11. The Hall–Kier alpha value is -1.34. The normalized spacial score (nSPS) is 20.9. The van der Waals surface area contributed by atoms with Crippen LogP contribution in [0.2, 0.25) is 0 Å². The number of nitrogens with one attached hydrogen (secondary N) is 1. The van der Waals surface area contributed by atoms with Crippen LogP contribution < -0.4 is 5.32 Å². The quantitative estimate of drug-likeness (QED) is 0.720. The summed E-state index contributed by atoms with van der Waals surface area (Å²) in [6, 6.07) is -0.638. The molecular formula is C12H22N2O5. The van der Waals surface area contributed by atoms with Gasteiger partial charge >= 0.3 is 12.0 Å². The van der Waals surface area contributed by atoms with Gasteiger partial charge in [0.15, 0.2) is 0 Å². The predicted molar refractivity (Wildman–Crippen MR) is 68.0 cm³/mol. The summed E-state index contributed by atoms with van der Waals surface area (Å²) in [5.41, 5.74) is 0. The molecule has 19 heavy (non-hydrogen) atoms. The van der Waals surface area contributed by atoms with Crippen molar-refractivity contribution in [3.8, 4) is 0 Å². The second kappa shape index (κ2) is 7.96. The molecule has 0 aliphatic carbocycles. The van der Waals surface area contributed by atoms with E-state index in [0.717, 1.165) is 0 Å². The molecule has 0 aromatic carbocycles. The zero-order valence-electron chi connectivity index (χ0n) is 11.4. The van der Waals surface area contributed by atoms with Gasteiger partial charge in [0.1, 0.15) is 0 Å². The van der Waals surface area contributed by atoms with E-state index in [1.165, 1.54) is 4.90 Å². The smallest absolute Gasteiger partial charge is 0.317 e. The third-order valence-electron chi connectivity index (χ3n) is 2.95. The minimum absolute atomic E-state index is 0.0962. The Morgan fingerprint density at radius 3 is 2.95 bits per heavy atom. The van der Waals surface area contributed by atoms with E-state index in [0.29, 0.717) is 26.3 Å². The maximum Gasteiger partial charge on any atom is 0.317 e. The molecule has 1 saturated heterocycles. The van der Waals surface area contributed by atoms with Crippen molar-refractivity contribution >= 4 is 12.0 Å². The summed E-state index contributed by atoms with van der Waals surface area (Å²) in [5, 5.41) is 11.6. The second-order valence-electron chi connectivity index (χ2n) is 4.77. The molecule has 110 valence electrons. The zero-order valence-corrected chi connectivity index (χ0v) is 11.4. The molecular weight excluding hydrogens is 252 g/mol. The predicted octanol–water partition coefficient (Wildman–Crippen LogP) is 0.154. The highest BCUT2D eigenvalue weighted by atomic mass is 16.5. The van der Waals surface area contributed by atoms with E-state index in [1.807, 2.05) is 6.92 Å². The van der Waals surface area contributed by atoms with E-state index in [-0.39, 0.29) is 25.0 Å². The Bertz CT molecular complexity index is 310. The molecule has 1 rings (SSSR count). The fourth-order valence-corrected chi connectivity index (χ4v) is 2.00. The third-order valence-corrected chi connectivity index (χ3v) is 2.95. The number of carboxylic acids is 1. The average molecular weight is 274 g/mol. The van der Waals surface area contributed by atoms with Gasteiger partial charge in [0, 0.05) is 20.2 Å². The molecule has 0 bridgehead atoms. The summed E-state index contributed by atoms with van der Waals surface area (Å²) in [5.74, 6) is -0.714. The number of hydrogen-bond donors (Lipinski definition) is 2. The first-order valence-corrected chi connectivity index (χ1v) is 6.37. The first-order valence-electron chi connectivity index (χ1n) is 6.37. The molecule has 1 fully saturated rings. The van der Waals surface area contributed by atoms with Crippen LogP contribution in [-0.4, -0.2) is 68.1 Å². The summed E-state index contributed by atoms with van der Waals surface area (Å²) in [6.45, 7) is 4.18. The Labute approximate surface area is 112 Å². The number of methoxy groups -OCH3 is 1. The maximum atomic E-state index is 12.0. The minimum Gasteiger partial charge on any atom is -0.481 e. The third kappa shape index (κ3) is 5.44. The van der Waals surface area contributed by atoms with E-state index >= 15 is 0 Å². The van der Waals surface area contributed by atoms with Crippen molar-refractivity contribution in [2.24, 2.45) is 5.92 Å². The topological polar surface area (TPSA) is 88.1 Å². The van der Waals surface area contributed by atoms with Crippen LogP contribution in [0.15, 0.2) is 0 Å². The number of nitrogens with zero attached hydrogens (tertiary/aromatic N) is 1. The SMILES string of the molecule is COCC(C)CNC(=O)N1CCOCC1CC(=O)O. The van der Waals surface area contributed by atoms with Crippen LogP contribution in [0, 0.1) is 5.92 Å². The Kier molecular flexibility index (Phi) is 6.58. The molecule has 2 amide bonds. The molecule has 7 heteroatoms. The molecule has 0 radical (unpaired) electrons. The summed E-state index contributed by atoms with van der Waals surface area (Å²) >= 11 is 0. The fourth-order valence-electron chi connectivity index (χ4n) is 2.00. The minimum atomic E-state index is -0.930. The van der Waals surface area contributed by atoms with Crippen molar-refractivity contribution in [3.05, 3.63) is 0 Å². The Morgan fingerprint density at radius 2 is 2.32 bits per heavy atom. The van der Waals surface area contributed by atoms with Crippen molar-refractivity contribution in [3.63, 3.8) is 0 Å². The lowest BCUT2D eigenvalue weighted by atomic mass is 10.1.